The van der Waals surface area contributed by atoms with Gasteiger partial charge in [-0.15, -0.1) is 0 Å². The highest BCUT2D eigenvalue weighted by molar-refractivity contribution is 6.45. The van der Waals surface area contributed by atoms with Crippen molar-refractivity contribution in [1.29, 1.82) is 0 Å². The van der Waals surface area contributed by atoms with E-state index in [2.05, 4.69) is 4.98 Å². The zero-order valence-electron chi connectivity index (χ0n) is 14.1. The van der Waals surface area contributed by atoms with Crippen LogP contribution in [-0.2, 0) is 12.6 Å². The van der Waals surface area contributed by atoms with Crippen LogP contribution in [0.1, 0.15) is 24.0 Å². The van der Waals surface area contributed by atoms with Crippen LogP contribution in [0.5, 0.6) is 0 Å². The Hall–Kier alpha value is -1.40. The second kappa shape index (κ2) is 7.92. The molecule has 0 saturated carbocycles. The van der Waals surface area contributed by atoms with Crippen molar-refractivity contribution in [3.05, 3.63) is 56.5 Å². The third-order valence-corrected chi connectivity index (χ3v) is 5.55. The van der Waals surface area contributed by atoms with Crippen molar-refractivity contribution in [3.8, 4) is 11.3 Å². The van der Waals surface area contributed by atoms with E-state index < -0.39 is 11.7 Å². The average molecular weight is 436 g/mol. The van der Waals surface area contributed by atoms with Gasteiger partial charge in [-0.1, -0.05) is 46.9 Å². The number of unbranched alkanes of at least 4 members (excludes halogenated alkanes) is 1. The number of benzene rings is 2. The van der Waals surface area contributed by atoms with E-state index in [1.54, 1.807) is 12.1 Å². The smallest absolute Gasteiger partial charge is 0.353 e. The Balaban J connectivity index is 2.21. The zero-order valence-corrected chi connectivity index (χ0v) is 16.3. The van der Waals surface area contributed by atoms with E-state index in [-0.39, 0.29) is 5.02 Å². The SMILES string of the molecule is NCCCCc1c(-c2ccc(Cl)c(C(F)(F)F)c2)[nH]c2c(Cl)c(Cl)ccc12. The normalized spacial score (nSPS) is 12.1. The van der Waals surface area contributed by atoms with Crippen molar-refractivity contribution in [1.82, 2.24) is 4.98 Å². The standard InChI is InChI=1S/C19H16Cl3F3N2/c20-14-6-4-10(9-13(14)19(23,24)25)17-11(3-1-2-8-26)12-5-7-15(21)16(22)18(12)27-17/h4-7,9,27H,1-3,8,26H2. The predicted octanol–water partition coefficient (Wildman–Crippen LogP) is 7.10. The molecule has 1 heterocycles. The molecule has 0 amide bonds. The highest BCUT2D eigenvalue weighted by atomic mass is 35.5. The predicted molar refractivity (Wildman–Crippen MR) is 106 cm³/mol. The molecule has 0 aliphatic heterocycles. The Bertz CT molecular complexity index is 980. The van der Waals surface area contributed by atoms with Gasteiger partial charge in [0.15, 0.2) is 0 Å². The number of nitrogens with two attached hydrogens (primary N) is 1. The molecule has 0 radical (unpaired) electrons. The maximum Gasteiger partial charge on any atom is 0.417 e. The number of alkyl halides is 3. The van der Waals surface area contributed by atoms with E-state index >= 15 is 0 Å². The van der Waals surface area contributed by atoms with E-state index in [1.165, 1.54) is 6.07 Å². The van der Waals surface area contributed by atoms with Crippen LogP contribution in [0.4, 0.5) is 13.2 Å². The van der Waals surface area contributed by atoms with Crippen molar-refractivity contribution < 1.29 is 13.2 Å². The Kier molecular flexibility index (Phi) is 5.96. The van der Waals surface area contributed by atoms with E-state index in [1.807, 2.05) is 6.07 Å². The van der Waals surface area contributed by atoms with Gasteiger partial charge in [-0.25, -0.2) is 0 Å². The lowest BCUT2D eigenvalue weighted by Crippen LogP contribution is -2.06. The summed E-state index contributed by atoms with van der Waals surface area (Å²) in [7, 11) is 0. The number of H-pyrrole nitrogens is 1. The minimum Gasteiger partial charge on any atom is -0.353 e. The van der Waals surface area contributed by atoms with Gasteiger partial charge in [0.25, 0.3) is 0 Å². The first kappa shape index (κ1) is 20.3. The van der Waals surface area contributed by atoms with E-state index in [0.29, 0.717) is 39.8 Å². The molecule has 0 unspecified atom stereocenters. The van der Waals surface area contributed by atoms with Gasteiger partial charge in [0, 0.05) is 11.1 Å². The molecule has 0 atom stereocenters. The molecule has 0 aliphatic carbocycles. The molecule has 2 nitrogen and oxygen atoms in total. The Morgan fingerprint density at radius 1 is 0.963 bits per heavy atom. The van der Waals surface area contributed by atoms with Gasteiger partial charge in [-0.2, -0.15) is 13.2 Å². The summed E-state index contributed by atoms with van der Waals surface area (Å²) in [6.07, 6.45) is -2.29. The van der Waals surface area contributed by atoms with Gasteiger partial charge in [0.05, 0.1) is 26.1 Å². The van der Waals surface area contributed by atoms with Crippen molar-refractivity contribution in [2.75, 3.05) is 6.54 Å². The third-order valence-electron chi connectivity index (χ3n) is 4.41. The highest BCUT2D eigenvalue weighted by Gasteiger charge is 2.33. The fraction of sp³-hybridized carbons (Fsp3) is 0.263. The van der Waals surface area contributed by atoms with Crippen LogP contribution < -0.4 is 5.73 Å². The molecule has 2 aromatic carbocycles. The number of aryl methyl sites for hydroxylation is 1. The molecule has 3 rings (SSSR count). The molecular formula is C19H16Cl3F3N2. The average Bonchev–Trinajstić information content (AvgIpc) is 2.97. The minimum atomic E-state index is -4.54. The van der Waals surface area contributed by atoms with Gasteiger partial charge < -0.3 is 10.7 Å². The summed E-state index contributed by atoms with van der Waals surface area (Å²) in [5.74, 6) is 0. The Morgan fingerprint density at radius 3 is 2.33 bits per heavy atom. The first-order valence-electron chi connectivity index (χ1n) is 8.29. The molecule has 3 N–H and O–H groups in total. The maximum atomic E-state index is 13.3. The number of hydrogen-bond donors (Lipinski definition) is 2. The molecule has 0 bridgehead atoms. The molecule has 0 fully saturated rings. The number of aromatic nitrogens is 1. The van der Waals surface area contributed by atoms with Crippen LogP contribution >= 0.6 is 34.8 Å². The molecular weight excluding hydrogens is 420 g/mol. The van der Waals surface area contributed by atoms with E-state index in [9.17, 15) is 13.2 Å². The fourth-order valence-corrected chi connectivity index (χ4v) is 3.70. The van der Waals surface area contributed by atoms with Crippen LogP contribution in [0.15, 0.2) is 30.3 Å². The second-order valence-electron chi connectivity index (χ2n) is 6.20. The molecule has 27 heavy (non-hydrogen) atoms. The minimum absolute atomic E-state index is 0.338. The lowest BCUT2D eigenvalue weighted by Gasteiger charge is -2.12. The van der Waals surface area contributed by atoms with E-state index in [4.69, 9.17) is 40.5 Å². The number of halogens is 6. The number of rotatable bonds is 5. The van der Waals surface area contributed by atoms with Crippen molar-refractivity contribution in [2.24, 2.45) is 5.73 Å². The third kappa shape index (κ3) is 4.06. The molecule has 0 aliphatic rings. The Labute approximate surface area is 169 Å². The summed E-state index contributed by atoms with van der Waals surface area (Å²) < 4.78 is 39.8. The summed E-state index contributed by atoms with van der Waals surface area (Å²) >= 11 is 18.2. The summed E-state index contributed by atoms with van der Waals surface area (Å²) in [5, 5.41) is 1.20. The molecule has 144 valence electrons. The Morgan fingerprint density at radius 2 is 1.67 bits per heavy atom. The van der Waals surface area contributed by atoms with Gasteiger partial charge in [-0.3, -0.25) is 0 Å². The van der Waals surface area contributed by atoms with Crippen molar-refractivity contribution >= 4 is 45.7 Å². The van der Waals surface area contributed by atoms with Crippen LogP contribution in [-0.4, -0.2) is 11.5 Å². The monoisotopic (exact) mass is 434 g/mol. The van der Waals surface area contributed by atoms with Gasteiger partial charge in [0.1, 0.15) is 0 Å². The van der Waals surface area contributed by atoms with Crippen LogP contribution in [0.2, 0.25) is 15.1 Å². The summed E-state index contributed by atoms with van der Waals surface area (Å²) in [6.45, 7) is 0.545. The first-order chi connectivity index (χ1) is 12.7. The van der Waals surface area contributed by atoms with Gasteiger partial charge in [0.2, 0.25) is 0 Å². The van der Waals surface area contributed by atoms with Crippen LogP contribution in [0.3, 0.4) is 0 Å². The highest BCUT2D eigenvalue weighted by Crippen LogP contribution is 2.41. The number of hydrogen-bond acceptors (Lipinski definition) is 1. The van der Waals surface area contributed by atoms with E-state index in [0.717, 1.165) is 29.9 Å². The largest absolute Gasteiger partial charge is 0.417 e. The second-order valence-corrected chi connectivity index (χ2v) is 7.39. The lowest BCUT2D eigenvalue weighted by molar-refractivity contribution is -0.137. The molecule has 1 aromatic heterocycles. The number of aromatic amines is 1. The van der Waals surface area contributed by atoms with Crippen LogP contribution in [0.25, 0.3) is 22.2 Å². The molecule has 0 saturated heterocycles. The van der Waals surface area contributed by atoms with Crippen molar-refractivity contribution in [3.63, 3.8) is 0 Å². The topological polar surface area (TPSA) is 41.8 Å². The molecule has 8 heteroatoms. The summed E-state index contributed by atoms with van der Waals surface area (Å²) in [4.78, 5) is 3.16. The van der Waals surface area contributed by atoms with Crippen LogP contribution in [0, 0.1) is 0 Å². The quantitative estimate of drug-likeness (QED) is 0.412. The van der Waals surface area contributed by atoms with Gasteiger partial charge in [-0.05, 0) is 55.1 Å². The molecule has 0 spiro atoms. The maximum absolute atomic E-state index is 13.3. The first-order valence-corrected chi connectivity index (χ1v) is 9.43. The zero-order chi connectivity index (χ0) is 19.8. The molecule has 3 aromatic rings. The van der Waals surface area contributed by atoms with Crippen molar-refractivity contribution in [2.45, 2.75) is 25.4 Å². The lowest BCUT2D eigenvalue weighted by atomic mass is 9.99. The summed E-state index contributed by atoms with van der Waals surface area (Å²) in [5.41, 5.74) is 7.14. The fourth-order valence-electron chi connectivity index (χ4n) is 3.11. The number of nitrogens with one attached hydrogen (secondary N) is 1. The summed E-state index contributed by atoms with van der Waals surface area (Å²) in [6, 6.07) is 7.36. The van der Waals surface area contributed by atoms with Gasteiger partial charge >= 0.3 is 6.18 Å². The number of fused-ring (bicyclic) bond motifs is 1.